The number of aliphatic hydroxyl groups excluding tert-OH is 1. The number of nitrogens with zero attached hydrogens (tertiary/aromatic N) is 2. The van der Waals surface area contributed by atoms with Crippen molar-refractivity contribution in [2.24, 2.45) is 0 Å². The number of rotatable bonds is 4. The Labute approximate surface area is 108 Å². The van der Waals surface area contributed by atoms with Gasteiger partial charge in [0.1, 0.15) is 5.82 Å². The lowest BCUT2D eigenvalue weighted by atomic mass is 10.1. The van der Waals surface area contributed by atoms with Crippen molar-refractivity contribution in [3.8, 4) is 0 Å². The SMILES string of the molecule is CN1CCN(CCC(O)c2cccc(F)c2)CC1. The van der Waals surface area contributed by atoms with Gasteiger partial charge in [-0.3, -0.25) is 0 Å². The number of piperazine rings is 1. The van der Waals surface area contributed by atoms with Gasteiger partial charge in [0.05, 0.1) is 6.10 Å². The summed E-state index contributed by atoms with van der Waals surface area (Å²) < 4.78 is 13.0. The summed E-state index contributed by atoms with van der Waals surface area (Å²) in [6.45, 7) is 5.12. The van der Waals surface area contributed by atoms with E-state index in [9.17, 15) is 9.50 Å². The minimum absolute atomic E-state index is 0.286. The van der Waals surface area contributed by atoms with Crippen molar-refractivity contribution in [3.63, 3.8) is 0 Å². The van der Waals surface area contributed by atoms with E-state index in [1.54, 1.807) is 12.1 Å². The molecule has 1 aromatic rings. The third kappa shape index (κ3) is 3.77. The predicted molar refractivity (Wildman–Crippen MR) is 69.9 cm³/mol. The monoisotopic (exact) mass is 252 g/mol. The molecule has 1 N–H and O–H groups in total. The summed E-state index contributed by atoms with van der Waals surface area (Å²) in [5.74, 6) is -0.286. The minimum atomic E-state index is -0.569. The van der Waals surface area contributed by atoms with E-state index in [2.05, 4.69) is 16.8 Å². The summed E-state index contributed by atoms with van der Waals surface area (Å²) >= 11 is 0. The van der Waals surface area contributed by atoms with Gasteiger partial charge >= 0.3 is 0 Å². The average molecular weight is 252 g/mol. The Bertz CT molecular complexity index is 378. The van der Waals surface area contributed by atoms with E-state index in [0.29, 0.717) is 12.0 Å². The molecule has 1 aliphatic rings. The van der Waals surface area contributed by atoms with Crippen LogP contribution in [0.4, 0.5) is 4.39 Å². The molecule has 0 spiro atoms. The highest BCUT2D eigenvalue weighted by atomic mass is 19.1. The van der Waals surface area contributed by atoms with E-state index in [0.717, 1.165) is 32.7 Å². The number of hydrogen-bond acceptors (Lipinski definition) is 3. The van der Waals surface area contributed by atoms with Gasteiger partial charge in [0.2, 0.25) is 0 Å². The molecule has 18 heavy (non-hydrogen) atoms. The van der Waals surface area contributed by atoms with E-state index in [4.69, 9.17) is 0 Å². The lowest BCUT2D eigenvalue weighted by Gasteiger charge is -2.32. The van der Waals surface area contributed by atoms with E-state index in [1.165, 1.54) is 12.1 Å². The smallest absolute Gasteiger partial charge is 0.123 e. The lowest BCUT2D eigenvalue weighted by Crippen LogP contribution is -2.44. The Morgan fingerprint density at radius 1 is 1.28 bits per heavy atom. The topological polar surface area (TPSA) is 26.7 Å². The van der Waals surface area contributed by atoms with E-state index >= 15 is 0 Å². The second kappa shape index (κ2) is 6.27. The van der Waals surface area contributed by atoms with Crippen molar-refractivity contribution >= 4 is 0 Å². The number of benzene rings is 1. The molecule has 1 heterocycles. The van der Waals surface area contributed by atoms with Crippen LogP contribution in [0.15, 0.2) is 24.3 Å². The third-order valence-electron chi connectivity index (χ3n) is 3.55. The molecular formula is C14H21FN2O. The van der Waals surface area contributed by atoms with E-state index in [1.807, 2.05) is 0 Å². The zero-order chi connectivity index (χ0) is 13.0. The lowest BCUT2D eigenvalue weighted by molar-refractivity contribution is 0.112. The summed E-state index contributed by atoms with van der Waals surface area (Å²) in [5.41, 5.74) is 0.670. The highest BCUT2D eigenvalue weighted by Crippen LogP contribution is 2.18. The van der Waals surface area contributed by atoms with Crippen LogP contribution in [-0.2, 0) is 0 Å². The van der Waals surface area contributed by atoms with Gasteiger partial charge in [-0.15, -0.1) is 0 Å². The number of halogens is 1. The molecule has 0 amide bonds. The molecule has 2 rings (SSSR count). The quantitative estimate of drug-likeness (QED) is 0.879. The second-order valence-corrected chi connectivity index (χ2v) is 5.00. The van der Waals surface area contributed by atoms with Gasteiger partial charge < -0.3 is 14.9 Å². The van der Waals surface area contributed by atoms with Crippen LogP contribution >= 0.6 is 0 Å². The Hall–Kier alpha value is -0.970. The maximum atomic E-state index is 13.0. The largest absolute Gasteiger partial charge is 0.388 e. The molecule has 1 aliphatic heterocycles. The zero-order valence-corrected chi connectivity index (χ0v) is 10.8. The summed E-state index contributed by atoms with van der Waals surface area (Å²) in [7, 11) is 2.12. The van der Waals surface area contributed by atoms with Crippen LogP contribution in [-0.4, -0.2) is 54.7 Å². The highest BCUT2D eigenvalue weighted by Gasteiger charge is 2.15. The van der Waals surface area contributed by atoms with Crippen molar-refractivity contribution < 1.29 is 9.50 Å². The number of aliphatic hydroxyl groups is 1. The van der Waals surface area contributed by atoms with Crippen LogP contribution in [0.5, 0.6) is 0 Å². The molecule has 1 saturated heterocycles. The molecule has 0 radical (unpaired) electrons. The first-order valence-electron chi connectivity index (χ1n) is 6.49. The fourth-order valence-corrected chi connectivity index (χ4v) is 2.26. The van der Waals surface area contributed by atoms with Crippen LogP contribution in [0.2, 0.25) is 0 Å². The van der Waals surface area contributed by atoms with Crippen molar-refractivity contribution in [2.45, 2.75) is 12.5 Å². The molecule has 3 nitrogen and oxygen atoms in total. The first-order valence-corrected chi connectivity index (χ1v) is 6.49. The molecule has 4 heteroatoms. The second-order valence-electron chi connectivity index (χ2n) is 5.00. The van der Waals surface area contributed by atoms with Gasteiger partial charge in [0.25, 0.3) is 0 Å². The van der Waals surface area contributed by atoms with Gasteiger partial charge in [-0.25, -0.2) is 4.39 Å². The Balaban J connectivity index is 1.79. The molecule has 0 bridgehead atoms. The molecule has 1 unspecified atom stereocenters. The van der Waals surface area contributed by atoms with Gasteiger partial charge in [0.15, 0.2) is 0 Å². The molecule has 1 aromatic carbocycles. The van der Waals surface area contributed by atoms with Crippen LogP contribution in [0.3, 0.4) is 0 Å². The zero-order valence-electron chi connectivity index (χ0n) is 10.8. The first-order chi connectivity index (χ1) is 8.65. The van der Waals surface area contributed by atoms with Crippen LogP contribution in [0, 0.1) is 5.82 Å². The fraction of sp³-hybridized carbons (Fsp3) is 0.571. The fourth-order valence-electron chi connectivity index (χ4n) is 2.26. The number of hydrogen-bond donors (Lipinski definition) is 1. The molecule has 1 atom stereocenters. The molecule has 1 fully saturated rings. The molecule has 0 aliphatic carbocycles. The standard InChI is InChI=1S/C14H21FN2O/c1-16-7-9-17(10-8-16)6-5-14(18)12-3-2-4-13(15)11-12/h2-4,11,14,18H,5-10H2,1H3. The summed E-state index contributed by atoms with van der Waals surface area (Å²) in [6.07, 6.45) is 0.0908. The Kier molecular flexibility index (Phi) is 4.69. The summed E-state index contributed by atoms with van der Waals surface area (Å²) in [5, 5.41) is 10.0. The van der Waals surface area contributed by atoms with Crippen LogP contribution < -0.4 is 0 Å². The van der Waals surface area contributed by atoms with Gasteiger partial charge in [-0.2, -0.15) is 0 Å². The number of likely N-dealkylation sites (N-methyl/N-ethyl adjacent to an activating group) is 1. The Morgan fingerprint density at radius 3 is 2.67 bits per heavy atom. The minimum Gasteiger partial charge on any atom is -0.388 e. The summed E-state index contributed by atoms with van der Waals surface area (Å²) in [4.78, 5) is 4.65. The van der Waals surface area contributed by atoms with Gasteiger partial charge in [0, 0.05) is 32.7 Å². The van der Waals surface area contributed by atoms with Crippen molar-refractivity contribution in [3.05, 3.63) is 35.6 Å². The van der Waals surface area contributed by atoms with Crippen molar-refractivity contribution in [2.75, 3.05) is 39.8 Å². The van der Waals surface area contributed by atoms with Gasteiger partial charge in [-0.05, 0) is 31.2 Å². The highest BCUT2D eigenvalue weighted by molar-refractivity contribution is 5.18. The maximum Gasteiger partial charge on any atom is 0.123 e. The van der Waals surface area contributed by atoms with Crippen LogP contribution in [0.25, 0.3) is 0 Å². The van der Waals surface area contributed by atoms with E-state index in [-0.39, 0.29) is 5.82 Å². The van der Waals surface area contributed by atoms with E-state index < -0.39 is 6.10 Å². The molecule has 0 aromatic heterocycles. The average Bonchev–Trinajstić information content (AvgIpc) is 2.38. The molecule has 0 saturated carbocycles. The Morgan fingerprint density at radius 2 is 2.00 bits per heavy atom. The van der Waals surface area contributed by atoms with Crippen molar-refractivity contribution in [1.29, 1.82) is 0 Å². The molecule has 100 valence electrons. The predicted octanol–water partition coefficient (Wildman–Crippen LogP) is 1.50. The van der Waals surface area contributed by atoms with Crippen LogP contribution in [0.1, 0.15) is 18.1 Å². The third-order valence-corrected chi connectivity index (χ3v) is 3.55. The normalized spacial score (nSPS) is 19.9. The summed E-state index contributed by atoms with van der Waals surface area (Å²) in [6, 6.07) is 6.23. The molecular weight excluding hydrogens is 231 g/mol. The van der Waals surface area contributed by atoms with Gasteiger partial charge in [-0.1, -0.05) is 12.1 Å². The van der Waals surface area contributed by atoms with Crippen molar-refractivity contribution in [1.82, 2.24) is 9.80 Å². The first kappa shape index (κ1) is 13.5. The maximum absolute atomic E-state index is 13.0.